The first-order valence-corrected chi connectivity index (χ1v) is 3.46. The highest BCUT2D eigenvalue weighted by Crippen LogP contribution is 2.17. The number of halogens is 1. The van der Waals surface area contributed by atoms with Crippen LogP contribution in [0.1, 0.15) is 0 Å². The second kappa shape index (κ2) is 2.58. The predicted octanol–water partition coefficient (Wildman–Crippen LogP) is 0.807. The Bertz CT molecular complexity index is 413. The van der Waals surface area contributed by atoms with Gasteiger partial charge in [0.2, 0.25) is 5.28 Å². The third kappa shape index (κ3) is 0.973. The molecule has 0 aliphatic rings. The highest BCUT2D eigenvalue weighted by Gasteiger charge is 2.06. The summed E-state index contributed by atoms with van der Waals surface area (Å²) in [6.07, 6.45) is 1.44. The molecule has 12 heavy (non-hydrogen) atoms. The molecule has 0 aromatic carbocycles. The van der Waals surface area contributed by atoms with Gasteiger partial charge in [-0.05, 0) is 11.6 Å². The minimum Gasteiger partial charge on any atom is -0.340 e. The smallest absolute Gasteiger partial charge is 0.226 e. The summed E-state index contributed by atoms with van der Waals surface area (Å²) >= 11 is 5.53. The van der Waals surface area contributed by atoms with Crippen LogP contribution < -0.4 is 5.48 Å². The first-order valence-electron chi connectivity index (χ1n) is 3.08. The summed E-state index contributed by atoms with van der Waals surface area (Å²) in [5, 5.41) is 8.67. The number of aromatic amines is 1. The number of aromatic nitrogens is 4. The molecule has 0 bridgehead atoms. The Hall–Kier alpha value is -1.40. The molecule has 6 nitrogen and oxygen atoms in total. The normalized spacial score (nSPS) is 10.5. The molecule has 3 N–H and O–H groups in total. The fourth-order valence-corrected chi connectivity index (χ4v) is 1.05. The number of anilines is 1. The monoisotopic (exact) mass is 185 g/mol. The van der Waals surface area contributed by atoms with Gasteiger partial charge < -0.3 is 4.98 Å². The minimum absolute atomic E-state index is 0.0335. The number of nitrogens with zero attached hydrogens (tertiary/aromatic N) is 3. The van der Waals surface area contributed by atoms with Crippen LogP contribution in [0.25, 0.3) is 11.2 Å². The average molecular weight is 186 g/mol. The summed E-state index contributed by atoms with van der Waals surface area (Å²) in [7, 11) is 0. The van der Waals surface area contributed by atoms with Crippen LogP contribution >= 0.6 is 11.6 Å². The van der Waals surface area contributed by atoms with Crippen LogP contribution in [0.4, 0.5) is 5.82 Å². The number of rotatable bonds is 1. The van der Waals surface area contributed by atoms with Crippen molar-refractivity contribution in [3.05, 3.63) is 11.6 Å². The molecular weight excluding hydrogens is 182 g/mol. The predicted molar refractivity (Wildman–Crippen MR) is 42.1 cm³/mol. The van der Waals surface area contributed by atoms with Crippen LogP contribution in [0, 0.1) is 0 Å². The molecule has 0 atom stereocenters. The van der Waals surface area contributed by atoms with Crippen molar-refractivity contribution in [2.75, 3.05) is 5.48 Å². The van der Waals surface area contributed by atoms with Crippen molar-refractivity contribution in [1.29, 1.82) is 0 Å². The molecule has 0 amide bonds. The lowest BCUT2D eigenvalue weighted by Crippen LogP contribution is -1.96. The van der Waals surface area contributed by atoms with Crippen molar-refractivity contribution in [2.24, 2.45) is 0 Å². The lowest BCUT2D eigenvalue weighted by Gasteiger charge is -1.97. The van der Waals surface area contributed by atoms with Gasteiger partial charge in [-0.15, -0.1) is 0 Å². The lowest BCUT2D eigenvalue weighted by molar-refractivity contribution is 0.386. The van der Waals surface area contributed by atoms with Crippen molar-refractivity contribution in [2.45, 2.75) is 0 Å². The molecule has 0 aliphatic carbocycles. The van der Waals surface area contributed by atoms with Gasteiger partial charge in [-0.2, -0.15) is 9.97 Å². The summed E-state index contributed by atoms with van der Waals surface area (Å²) < 4.78 is 0. The molecule has 0 saturated heterocycles. The number of hydrogen-bond acceptors (Lipinski definition) is 5. The summed E-state index contributed by atoms with van der Waals surface area (Å²) in [4.78, 5) is 14.1. The Morgan fingerprint density at radius 1 is 1.50 bits per heavy atom. The third-order valence-corrected chi connectivity index (χ3v) is 1.53. The Morgan fingerprint density at radius 2 is 2.33 bits per heavy atom. The van der Waals surface area contributed by atoms with E-state index in [0.29, 0.717) is 11.2 Å². The number of hydrogen-bond donors (Lipinski definition) is 3. The highest BCUT2D eigenvalue weighted by atomic mass is 35.5. The van der Waals surface area contributed by atoms with Crippen LogP contribution in [-0.4, -0.2) is 25.1 Å². The maximum Gasteiger partial charge on any atom is 0.226 e. The van der Waals surface area contributed by atoms with Gasteiger partial charge in [-0.1, -0.05) is 0 Å². The van der Waals surface area contributed by atoms with E-state index in [1.165, 1.54) is 6.33 Å². The molecule has 0 saturated carbocycles. The van der Waals surface area contributed by atoms with E-state index in [-0.39, 0.29) is 11.1 Å². The first kappa shape index (κ1) is 7.26. The summed E-state index contributed by atoms with van der Waals surface area (Å²) in [5.41, 5.74) is 2.81. The average Bonchev–Trinajstić information content (AvgIpc) is 2.50. The van der Waals surface area contributed by atoms with Crippen molar-refractivity contribution in [1.82, 2.24) is 19.9 Å². The van der Waals surface area contributed by atoms with Crippen LogP contribution in [0.5, 0.6) is 0 Å². The molecule has 2 aromatic heterocycles. The Kier molecular flexibility index (Phi) is 1.56. The molecule has 0 unspecified atom stereocenters. The van der Waals surface area contributed by atoms with Gasteiger partial charge >= 0.3 is 0 Å². The van der Waals surface area contributed by atoms with Crippen molar-refractivity contribution in [3.8, 4) is 0 Å². The maximum absolute atomic E-state index is 8.63. The fraction of sp³-hybridized carbons (Fsp3) is 0. The quantitative estimate of drug-likeness (QED) is 0.452. The molecule has 0 fully saturated rings. The number of H-pyrrole nitrogens is 1. The van der Waals surface area contributed by atoms with E-state index in [0.717, 1.165) is 0 Å². The van der Waals surface area contributed by atoms with Crippen LogP contribution in [-0.2, 0) is 0 Å². The molecule has 62 valence electrons. The topological polar surface area (TPSA) is 86.7 Å². The Labute approximate surface area is 71.6 Å². The molecular formula is C5H4ClN5O. The van der Waals surface area contributed by atoms with Gasteiger partial charge in [-0.3, -0.25) is 10.7 Å². The molecule has 2 rings (SSSR count). The standard InChI is InChI=1S/C5H4ClN5O/c6-5-9-3-2(7-1-8-3)4(10-5)11-12/h1,12H,(H2,7,8,9,10,11). The zero-order chi connectivity index (χ0) is 8.55. The minimum atomic E-state index is 0.0335. The SMILES string of the molecule is ONc1nc(Cl)nc2nc[nH]c12. The molecule has 0 aliphatic heterocycles. The second-order valence-electron chi connectivity index (χ2n) is 2.05. The van der Waals surface area contributed by atoms with Gasteiger partial charge in [0.15, 0.2) is 11.5 Å². The molecule has 0 radical (unpaired) electrons. The number of nitrogens with one attached hydrogen (secondary N) is 2. The van der Waals surface area contributed by atoms with Gasteiger partial charge in [0.05, 0.1) is 6.33 Å². The van der Waals surface area contributed by atoms with E-state index in [4.69, 9.17) is 16.8 Å². The van der Waals surface area contributed by atoms with E-state index in [9.17, 15) is 0 Å². The van der Waals surface area contributed by atoms with Gasteiger partial charge in [-0.25, -0.2) is 4.98 Å². The number of fused-ring (bicyclic) bond motifs is 1. The summed E-state index contributed by atoms with van der Waals surface area (Å²) in [6.45, 7) is 0. The molecule has 0 spiro atoms. The van der Waals surface area contributed by atoms with E-state index in [1.807, 2.05) is 5.48 Å². The van der Waals surface area contributed by atoms with E-state index in [2.05, 4.69) is 19.9 Å². The lowest BCUT2D eigenvalue weighted by atomic mass is 10.5. The van der Waals surface area contributed by atoms with Gasteiger partial charge in [0.1, 0.15) is 5.52 Å². The third-order valence-electron chi connectivity index (χ3n) is 1.36. The Morgan fingerprint density at radius 3 is 3.08 bits per heavy atom. The first-order chi connectivity index (χ1) is 5.81. The van der Waals surface area contributed by atoms with Gasteiger partial charge in [0, 0.05) is 0 Å². The highest BCUT2D eigenvalue weighted by molar-refractivity contribution is 6.28. The van der Waals surface area contributed by atoms with E-state index < -0.39 is 0 Å². The van der Waals surface area contributed by atoms with Gasteiger partial charge in [0.25, 0.3) is 0 Å². The maximum atomic E-state index is 8.63. The van der Waals surface area contributed by atoms with E-state index >= 15 is 0 Å². The summed E-state index contributed by atoms with van der Waals surface area (Å²) in [6, 6.07) is 0. The van der Waals surface area contributed by atoms with Crippen molar-refractivity contribution < 1.29 is 5.21 Å². The fourth-order valence-electron chi connectivity index (χ4n) is 0.888. The van der Waals surface area contributed by atoms with Crippen LogP contribution in [0.3, 0.4) is 0 Å². The summed E-state index contributed by atoms with van der Waals surface area (Å²) in [5.74, 6) is 0.211. The molecule has 2 heterocycles. The van der Waals surface area contributed by atoms with Crippen LogP contribution in [0.15, 0.2) is 6.33 Å². The largest absolute Gasteiger partial charge is 0.340 e. The van der Waals surface area contributed by atoms with Crippen molar-refractivity contribution >= 4 is 28.6 Å². The second-order valence-corrected chi connectivity index (χ2v) is 2.39. The Balaban J connectivity index is 2.80. The molecule has 7 heteroatoms. The number of imidazole rings is 1. The molecule has 2 aromatic rings. The van der Waals surface area contributed by atoms with E-state index in [1.54, 1.807) is 0 Å². The van der Waals surface area contributed by atoms with Crippen LogP contribution in [0.2, 0.25) is 5.28 Å². The zero-order valence-electron chi connectivity index (χ0n) is 5.74. The van der Waals surface area contributed by atoms with Crippen molar-refractivity contribution in [3.63, 3.8) is 0 Å². The zero-order valence-corrected chi connectivity index (χ0v) is 6.50.